The molecule has 4 heteroatoms. The van der Waals surface area contributed by atoms with Crippen LogP contribution in [0.4, 0.5) is 0 Å². The molecule has 1 amide bonds. The fourth-order valence-electron chi connectivity index (χ4n) is 4.22. The number of nitrogens with zero attached hydrogens (tertiary/aromatic N) is 1. The van der Waals surface area contributed by atoms with Gasteiger partial charge in [0.1, 0.15) is 0 Å². The number of nitrogens with one attached hydrogen (secondary N) is 1. The molecule has 20 heavy (non-hydrogen) atoms. The molecule has 0 spiro atoms. The van der Waals surface area contributed by atoms with Crippen LogP contribution in [0.15, 0.2) is 0 Å². The summed E-state index contributed by atoms with van der Waals surface area (Å²) in [4.78, 5) is 14.8. The van der Waals surface area contributed by atoms with E-state index < -0.39 is 0 Å². The Morgan fingerprint density at radius 1 is 1.30 bits per heavy atom. The molecule has 0 aromatic rings. The minimum atomic E-state index is 0.0180. The quantitative estimate of drug-likeness (QED) is 0.859. The van der Waals surface area contributed by atoms with Crippen LogP contribution in [0.1, 0.15) is 58.8 Å². The first-order valence-electron chi connectivity index (χ1n) is 8.42. The van der Waals surface area contributed by atoms with Crippen molar-refractivity contribution in [1.82, 2.24) is 10.2 Å². The highest BCUT2D eigenvalue weighted by Crippen LogP contribution is 2.35. The summed E-state index contributed by atoms with van der Waals surface area (Å²) in [6.45, 7) is 5.13. The second-order valence-electron chi connectivity index (χ2n) is 6.65. The first-order chi connectivity index (χ1) is 9.72. The third kappa shape index (κ3) is 2.48. The fraction of sp³-hybridized carbons (Fsp3) is 0.938. The summed E-state index contributed by atoms with van der Waals surface area (Å²) in [7, 11) is 0. The van der Waals surface area contributed by atoms with Gasteiger partial charge in [-0.25, -0.2) is 0 Å². The molecule has 4 nitrogen and oxygen atoms in total. The van der Waals surface area contributed by atoms with Gasteiger partial charge in [-0.15, -0.1) is 0 Å². The Labute approximate surface area is 122 Å². The van der Waals surface area contributed by atoms with Crippen molar-refractivity contribution in [3.8, 4) is 0 Å². The predicted octanol–water partition coefficient (Wildman–Crippen LogP) is 2.28. The molecule has 1 saturated carbocycles. The fourth-order valence-corrected chi connectivity index (χ4v) is 4.22. The average Bonchev–Trinajstić information content (AvgIpc) is 3.19. The molecule has 1 N–H and O–H groups in total. The van der Waals surface area contributed by atoms with E-state index in [0.717, 1.165) is 25.9 Å². The monoisotopic (exact) mass is 280 g/mol. The summed E-state index contributed by atoms with van der Waals surface area (Å²) in [6.07, 6.45) is 8.75. The van der Waals surface area contributed by atoms with E-state index in [1.165, 1.54) is 25.7 Å². The molecular weight excluding hydrogens is 252 g/mol. The van der Waals surface area contributed by atoms with Crippen molar-refractivity contribution in [2.75, 3.05) is 6.61 Å². The summed E-state index contributed by atoms with van der Waals surface area (Å²) in [6, 6.07) is 0.226. The standard InChI is InChI=1S/C16H28N2O2/c1-3-13-16(19)18(11(2)14-9-6-10-20-14)15(17-13)12-7-4-5-8-12/h11-15,17H,3-10H2,1-2H3. The van der Waals surface area contributed by atoms with Gasteiger partial charge < -0.3 is 9.64 Å². The molecule has 4 unspecified atom stereocenters. The third-order valence-electron chi connectivity index (χ3n) is 5.42. The number of rotatable bonds is 4. The first-order valence-corrected chi connectivity index (χ1v) is 8.42. The van der Waals surface area contributed by atoms with Gasteiger partial charge in [0.15, 0.2) is 0 Å². The highest BCUT2D eigenvalue weighted by Gasteiger charge is 2.46. The second-order valence-corrected chi connectivity index (χ2v) is 6.65. The molecule has 0 bridgehead atoms. The highest BCUT2D eigenvalue weighted by atomic mass is 16.5. The Bertz CT molecular complexity index is 348. The highest BCUT2D eigenvalue weighted by molar-refractivity contribution is 5.84. The van der Waals surface area contributed by atoms with Gasteiger partial charge in [-0.05, 0) is 44.9 Å². The van der Waals surface area contributed by atoms with Crippen molar-refractivity contribution in [2.45, 2.75) is 83.1 Å². The predicted molar refractivity (Wildman–Crippen MR) is 78.2 cm³/mol. The number of hydrogen-bond donors (Lipinski definition) is 1. The molecule has 3 rings (SSSR count). The second kappa shape index (κ2) is 6.02. The summed E-state index contributed by atoms with van der Waals surface area (Å²) in [5.74, 6) is 0.937. The molecule has 2 saturated heterocycles. The molecule has 3 fully saturated rings. The summed E-state index contributed by atoms with van der Waals surface area (Å²) >= 11 is 0. The maximum absolute atomic E-state index is 12.7. The van der Waals surface area contributed by atoms with Crippen molar-refractivity contribution >= 4 is 5.91 Å². The Kier molecular flexibility index (Phi) is 4.32. The number of carbonyl (C=O) groups excluding carboxylic acids is 1. The molecule has 1 aliphatic carbocycles. The van der Waals surface area contributed by atoms with Crippen molar-refractivity contribution in [1.29, 1.82) is 0 Å². The topological polar surface area (TPSA) is 41.6 Å². The van der Waals surface area contributed by atoms with Crippen LogP contribution in [0.2, 0.25) is 0 Å². The van der Waals surface area contributed by atoms with Crippen LogP contribution in [-0.4, -0.2) is 41.8 Å². The Hall–Kier alpha value is -0.610. The largest absolute Gasteiger partial charge is 0.376 e. The van der Waals surface area contributed by atoms with E-state index >= 15 is 0 Å². The lowest BCUT2D eigenvalue weighted by Crippen LogP contribution is -2.51. The van der Waals surface area contributed by atoms with Crippen molar-refractivity contribution in [3.63, 3.8) is 0 Å². The van der Waals surface area contributed by atoms with Crippen LogP contribution in [0, 0.1) is 5.92 Å². The van der Waals surface area contributed by atoms with Crippen molar-refractivity contribution in [3.05, 3.63) is 0 Å². The van der Waals surface area contributed by atoms with Crippen molar-refractivity contribution < 1.29 is 9.53 Å². The lowest BCUT2D eigenvalue weighted by atomic mass is 10.0. The maximum Gasteiger partial charge on any atom is 0.241 e. The van der Waals surface area contributed by atoms with Crippen molar-refractivity contribution in [2.24, 2.45) is 5.92 Å². The Morgan fingerprint density at radius 3 is 2.65 bits per heavy atom. The first kappa shape index (κ1) is 14.3. The summed E-state index contributed by atoms with van der Waals surface area (Å²) in [5, 5.41) is 3.61. The van der Waals surface area contributed by atoms with Crippen LogP contribution >= 0.6 is 0 Å². The minimum absolute atomic E-state index is 0.0180. The van der Waals surface area contributed by atoms with E-state index in [-0.39, 0.29) is 24.4 Å². The molecule has 2 aliphatic heterocycles. The van der Waals surface area contributed by atoms with Gasteiger partial charge in [-0.3, -0.25) is 10.1 Å². The number of amides is 1. The van der Waals surface area contributed by atoms with Gasteiger partial charge in [-0.2, -0.15) is 0 Å². The van der Waals surface area contributed by atoms with E-state index in [1.807, 2.05) is 0 Å². The van der Waals surface area contributed by atoms with Crippen LogP contribution < -0.4 is 5.32 Å². The van der Waals surface area contributed by atoms with Crippen LogP contribution in [-0.2, 0) is 9.53 Å². The van der Waals surface area contributed by atoms with Gasteiger partial charge in [0.25, 0.3) is 0 Å². The zero-order valence-electron chi connectivity index (χ0n) is 12.8. The SMILES string of the molecule is CCC1NC(C2CCCC2)N(C(C)C2CCCO2)C1=O. The van der Waals surface area contributed by atoms with E-state index in [2.05, 4.69) is 24.1 Å². The lowest BCUT2D eigenvalue weighted by molar-refractivity contribution is -0.135. The van der Waals surface area contributed by atoms with Crippen LogP contribution in [0.5, 0.6) is 0 Å². The molecule has 114 valence electrons. The Morgan fingerprint density at radius 2 is 2.05 bits per heavy atom. The van der Waals surface area contributed by atoms with Gasteiger partial charge in [-0.1, -0.05) is 19.8 Å². The minimum Gasteiger partial charge on any atom is -0.376 e. The molecule has 2 heterocycles. The Balaban J connectivity index is 1.77. The molecule has 0 radical (unpaired) electrons. The van der Waals surface area contributed by atoms with Gasteiger partial charge >= 0.3 is 0 Å². The van der Waals surface area contributed by atoms with E-state index in [1.54, 1.807) is 0 Å². The van der Waals surface area contributed by atoms with Crippen LogP contribution in [0.3, 0.4) is 0 Å². The lowest BCUT2D eigenvalue weighted by Gasteiger charge is -2.36. The zero-order valence-corrected chi connectivity index (χ0v) is 12.8. The van der Waals surface area contributed by atoms with E-state index in [0.29, 0.717) is 11.8 Å². The van der Waals surface area contributed by atoms with Crippen LogP contribution in [0.25, 0.3) is 0 Å². The summed E-state index contributed by atoms with van der Waals surface area (Å²) in [5.41, 5.74) is 0. The van der Waals surface area contributed by atoms with Gasteiger partial charge in [0.05, 0.1) is 24.4 Å². The smallest absolute Gasteiger partial charge is 0.241 e. The molecular formula is C16H28N2O2. The zero-order chi connectivity index (χ0) is 14.1. The number of hydrogen-bond acceptors (Lipinski definition) is 3. The van der Waals surface area contributed by atoms with E-state index in [9.17, 15) is 4.79 Å². The molecule has 3 aliphatic rings. The molecule has 4 atom stereocenters. The van der Waals surface area contributed by atoms with E-state index in [4.69, 9.17) is 4.74 Å². The number of ether oxygens (including phenoxy) is 1. The normalized spacial score (nSPS) is 37.0. The van der Waals surface area contributed by atoms with Gasteiger partial charge in [0.2, 0.25) is 5.91 Å². The van der Waals surface area contributed by atoms with Gasteiger partial charge in [0, 0.05) is 6.61 Å². The third-order valence-corrected chi connectivity index (χ3v) is 5.42. The average molecular weight is 280 g/mol. The maximum atomic E-state index is 12.7. The molecule has 0 aromatic heterocycles. The summed E-state index contributed by atoms with van der Waals surface area (Å²) < 4.78 is 5.83. The number of carbonyl (C=O) groups is 1. The molecule has 0 aromatic carbocycles.